The molecule has 2 rings (SSSR count). The number of aldehydes is 1. The lowest BCUT2D eigenvalue weighted by molar-refractivity contribution is -0.150. The summed E-state index contributed by atoms with van der Waals surface area (Å²) in [5, 5.41) is 13.1. The Kier molecular flexibility index (Phi) is 17.6. The fourth-order valence-corrected chi connectivity index (χ4v) is 3.15. The second-order valence-electron chi connectivity index (χ2n) is 7.26. The van der Waals surface area contributed by atoms with Gasteiger partial charge >= 0.3 is 12.4 Å². The van der Waals surface area contributed by atoms with Crippen molar-refractivity contribution in [3.8, 4) is 5.75 Å². The summed E-state index contributed by atoms with van der Waals surface area (Å²) in [6.07, 6.45) is -7.52. The molecule has 8 nitrogen and oxygen atoms in total. The Morgan fingerprint density at radius 3 is 2.39 bits per heavy atom. The van der Waals surface area contributed by atoms with Gasteiger partial charge in [0.1, 0.15) is 12.4 Å². The minimum Gasteiger partial charge on any atom is -0.486 e. The Morgan fingerprint density at radius 1 is 1.24 bits per heavy atom. The molecule has 1 aromatic rings. The molecule has 1 saturated heterocycles. The van der Waals surface area contributed by atoms with Gasteiger partial charge < -0.3 is 24.8 Å². The van der Waals surface area contributed by atoms with Crippen molar-refractivity contribution in [3.05, 3.63) is 28.8 Å². The van der Waals surface area contributed by atoms with Crippen LogP contribution < -0.4 is 15.4 Å². The molecule has 1 heterocycles. The minimum atomic E-state index is -4.49. The molecule has 0 radical (unpaired) electrons. The normalized spacial score (nSPS) is 17.8. The Balaban J connectivity index is 0.000000709. The smallest absolute Gasteiger partial charge is 0.417 e. The number of hydrogen-bond acceptors (Lipinski definition) is 8. The van der Waals surface area contributed by atoms with Crippen molar-refractivity contribution < 1.29 is 45.3 Å². The van der Waals surface area contributed by atoms with E-state index in [0.29, 0.717) is 12.3 Å². The van der Waals surface area contributed by atoms with E-state index in [1.54, 1.807) is 0 Å². The summed E-state index contributed by atoms with van der Waals surface area (Å²) in [7, 11) is 1.89. The number of nitrogens with zero attached hydrogens (tertiary/aromatic N) is 2. The van der Waals surface area contributed by atoms with Gasteiger partial charge in [-0.2, -0.15) is 31.4 Å². The van der Waals surface area contributed by atoms with Gasteiger partial charge in [-0.25, -0.2) is 0 Å². The van der Waals surface area contributed by atoms with Gasteiger partial charge in [0.25, 0.3) is 0 Å². The van der Waals surface area contributed by atoms with Crippen molar-refractivity contribution >= 4 is 30.5 Å². The number of alkyl halides is 6. The van der Waals surface area contributed by atoms with E-state index in [-0.39, 0.29) is 31.1 Å². The molecule has 2 atom stereocenters. The summed E-state index contributed by atoms with van der Waals surface area (Å²) >= 11 is 5.40. The zero-order valence-corrected chi connectivity index (χ0v) is 22.1. The third kappa shape index (κ3) is 15.1. The number of rotatable bonds is 10. The Labute approximate surface area is 222 Å². The molecule has 15 heteroatoms. The molecule has 1 unspecified atom stereocenters. The highest BCUT2D eigenvalue weighted by atomic mass is 35.5. The van der Waals surface area contributed by atoms with Gasteiger partial charge in [0.15, 0.2) is 13.1 Å². The standard InChI is InChI=1S/C12H21F3N4O2.C9H6ClF3O2.C2H6/c1-16-9-3-4-10(18-7-9)11(19-17-2)21-8-20-6-5-12(13,14)15;10-8-5-6(15-4-3-14)1-2-7(8)9(11,12)13;1-2/h9-10,16,18H,2-8H2,1H3;1-3,5H,4H2;1-2H3/b19-11-;;/t9-,10?;;/m0../s1. The number of halogens is 7. The molecular formula is C23H33ClF6N4O4. The highest BCUT2D eigenvalue weighted by molar-refractivity contribution is 6.31. The molecule has 0 aromatic heterocycles. The van der Waals surface area contributed by atoms with E-state index in [0.717, 1.165) is 37.6 Å². The topological polar surface area (TPSA) is 93.5 Å². The maximum atomic E-state index is 12.3. The average Bonchev–Trinajstić information content (AvgIpc) is 2.87. The summed E-state index contributed by atoms with van der Waals surface area (Å²) in [5.41, 5.74) is -0.928. The molecule has 0 aliphatic carbocycles. The first-order chi connectivity index (χ1) is 17.9. The van der Waals surface area contributed by atoms with E-state index < -0.39 is 36.0 Å². The molecule has 38 heavy (non-hydrogen) atoms. The van der Waals surface area contributed by atoms with Crippen LogP contribution in [0.1, 0.15) is 38.7 Å². The number of nitrogens with one attached hydrogen (secondary N) is 2. The summed E-state index contributed by atoms with van der Waals surface area (Å²) in [4.78, 5) is 9.95. The van der Waals surface area contributed by atoms with Crippen LogP contribution in [0.3, 0.4) is 0 Å². The predicted molar refractivity (Wildman–Crippen MR) is 133 cm³/mol. The van der Waals surface area contributed by atoms with Crippen molar-refractivity contribution in [1.29, 1.82) is 0 Å². The second kappa shape index (κ2) is 18.8. The van der Waals surface area contributed by atoms with E-state index in [9.17, 15) is 31.1 Å². The zero-order valence-electron chi connectivity index (χ0n) is 21.3. The fourth-order valence-electron chi connectivity index (χ4n) is 2.88. The molecule has 2 N–H and O–H groups in total. The highest BCUT2D eigenvalue weighted by Crippen LogP contribution is 2.36. The van der Waals surface area contributed by atoms with Crippen LogP contribution in [0.2, 0.25) is 5.02 Å². The van der Waals surface area contributed by atoms with Gasteiger partial charge in [-0.05, 0) is 38.1 Å². The fraction of sp³-hybridized carbons (Fsp3) is 0.609. The van der Waals surface area contributed by atoms with Gasteiger partial charge in [-0.15, -0.1) is 5.10 Å². The Hall–Kier alpha value is -2.42. The van der Waals surface area contributed by atoms with Crippen LogP contribution in [0.5, 0.6) is 5.75 Å². The molecular weight excluding hydrogens is 546 g/mol. The number of hydrogen-bond donors (Lipinski definition) is 2. The van der Waals surface area contributed by atoms with Crippen LogP contribution in [-0.4, -0.2) is 70.8 Å². The molecule has 1 fully saturated rings. The van der Waals surface area contributed by atoms with Gasteiger partial charge in [-0.1, -0.05) is 25.4 Å². The third-order valence-corrected chi connectivity index (χ3v) is 4.99. The maximum Gasteiger partial charge on any atom is 0.417 e. The second-order valence-corrected chi connectivity index (χ2v) is 7.66. The highest BCUT2D eigenvalue weighted by Gasteiger charge is 2.33. The predicted octanol–water partition coefficient (Wildman–Crippen LogP) is 5.25. The zero-order chi connectivity index (χ0) is 29.2. The van der Waals surface area contributed by atoms with Gasteiger partial charge in [0.2, 0.25) is 5.90 Å². The van der Waals surface area contributed by atoms with Crippen molar-refractivity contribution in [2.45, 2.75) is 57.5 Å². The van der Waals surface area contributed by atoms with E-state index >= 15 is 0 Å². The first-order valence-corrected chi connectivity index (χ1v) is 11.9. The lowest BCUT2D eigenvalue weighted by Gasteiger charge is -2.29. The largest absolute Gasteiger partial charge is 0.486 e. The summed E-state index contributed by atoms with van der Waals surface area (Å²) in [5.74, 6) is 0.409. The lowest BCUT2D eigenvalue weighted by Crippen LogP contribution is -2.50. The monoisotopic (exact) mass is 578 g/mol. The SMILES string of the molecule is C=N/N=C(\OCOCCC(F)(F)F)C1CC[C@H](NC)CN1.CC.O=CCOc1ccc(C(F)(F)F)c(Cl)c1. The van der Waals surface area contributed by atoms with E-state index in [1.165, 1.54) is 0 Å². The van der Waals surface area contributed by atoms with Gasteiger partial charge in [0, 0.05) is 19.3 Å². The summed E-state index contributed by atoms with van der Waals surface area (Å²) < 4.78 is 87.4. The average molecular weight is 579 g/mol. The van der Waals surface area contributed by atoms with Crippen molar-refractivity contribution in [2.75, 3.05) is 33.6 Å². The summed E-state index contributed by atoms with van der Waals surface area (Å²) in [6, 6.07) is 3.18. The first-order valence-electron chi connectivity index (χ1n) is 11.6. The van der Waals surface area contributed by atoms with E-state index in [4.69, 9.17) is 25.8 Å². The Morgan fingerprint density at radius 2 is 1.92 bits per heavy atom. The van der Waals surface area contributed by atoms with Gasteiger partial charge in [-0.3, -0.25) is 4.79 Å². The Bertz CT molecular complexity index is 848. The van der Waals surface area contributed by atoms with Crippen LogP contribution in [0.4, 0.5) is 26.3 Å². The number of ether oxygens (including phenoxy) is 3. The first kappa shape index (κ1) is 35.6. The van der Waals surface area contributed by atoms with E-state index in [1.807, 2.05) is 20.9 Å². The van der Waals surface area contributed by atoms with Crippen molar-refractivity contribution in [1.82, 2.24) is 10.6 Å². The quantitative estimate of drug-likeness (QED) is 0.0750. The molecule has 218 valence electrons. The van der Waals surface area contributed by atoms with Crippen molar-refractivity contribution in [3.63, 3.8) is 0 Å². The van der Waals surface area contributed by atoms with Crippen LogP contribution in [0.25, 0.3) is 0 Å². The lowest BCUT2D eigenvalue weighted by atomic mass is 10.0. The number of piperidine rings is 1. The molecule has 0 amide bonds. The number of carbonyl (C=O) groups is 1. The van der Waals surface area contributed by atoms with Crippen LogP contribution in [0.15, 0.2) is 28.4 Å². The molecule has 1 aromatic carbocycles. The number of carbonyl (C=O) groups excluding carboxylic acids is 1. The van der Waals surface area contributed by atoms with Crippen LogP contribution >= 0.6 is 11.6 Å². The number of benzene rings is 1. The van der Waals surface area contributed by atoms with E-state index in [2.05, 4.69) is 27.6 Å². The number of likely N-dealkylation sites (N-methyl/N-ethyl adjacent to an activating group) is 1. The maximum absolute atomic E-state index is 12.3. The molecule has 1 aliphatic rings. The van der Waals surface area contributed by atoms with Crippen LogP contribution in [-0.2, 0) is 20.4 Å². The molecule has 0 spiro atoms. The molecule has 1 aliphatic heterocycles. The summed E-state index contributed by atoms with van der Waals surface area (Å²) in [6.45, 7) is 7.04. The third-order valence-electron chi connectivity index (χ3n) is 4.67. The molecule has 0 bridgehead atoms. The minimum absolute atomic E-state index is 0.125. The molecule has 0 saturated carbocycles. The van der Waals surface area contributed by atoms with Crippen LogP contribution in [0, 0.1) is 0 Å². The van der Waals surface area contributed by atoms with Gasteiger partial charge in [0.05, 0.1) is 29.7 Å². The van der Waals surface area contributed by atoms with Crippen molar-refractivity contribution in [2.24, 2.45) is 10.2 Å².